The fourth-order valence-electron chi connectivity index (χ4n) is 9.03. The normalized spacial score (nSPS) is 11.6. The van der Waals surface area contributed by atoms with Crippen LogP contribution in [0.3, 0.4) is 0 Å². The molecule has 0 unspecified atom stereocenters. The zero-order chi connectivity index (χ0) is 41.7. The topological polar surface area (TPSA) is 56.5 Å². The van der Waals surface area contributed by atoms with Crippen molar-refractivity contribution in [2.24, 2.45) is 0 Å². The summed E-state index contributed by atoms with van der Waals surface area (Å²) in [6.07, 6.45) is 2.46. The lowest BCUT2D eigenvalue weighted by Gasteiger charge is -2.17. The molecule has 0 bridgehead atoms. The Hall–Kier alpha value is -8.06. The fraction of sp³-hybridized carbons (Fsp3) is 0.0175. The van der Waals surface area contributed by atoms with Crippen LogP contribution in [0.5, 0.6) is 0 Å². The molecular formula is C57H37N5S. The highest BCUT2D eigenvalue weighted by Gasteiger charge is 2.23. The van der Waals surface area contributed by atoms with Crippen LogP contribution >= 0.6 is 11.3 Å². The van der Waals surface area contributed by atoms with Gasteiger partial charge in [0.05, 0.1) is 11.0 Å². The largest absolute Gasteiger partial charge is 0.293 e. The predicted octanol–water partition coefficient (Wildman–Crippen LogP) is 14.7. The molecule has 0 amide bonds. The Morgan fingerprint density at radius 2 is 1.02 bits per heavy atom. The van der Waals surface area contributed by atoms with Gasteiger partial charge in [0, 0.05) is 65.8 Å². The summed E-state index contributed by atoms with van der Waals surface area (Å²) in [7, 11) is 0. The van der Waals surface area contributed by atoms with Crippen molar-refractivity contribution in [3.63, 3.8) is 0 Å². The molecule has 0 spiro atoms. The monoisotopic (exact) mass is 823 g/mol. The first-order chi connectivity index (χ1) is 31.2. The third-order valence-electron chi connectivity index (χ3n) is 11.9. The molecule has 12 aromatic rings. The van der Waals surface area contributed by atoms with Gasteiger partial charge >= 0.3 is 0 Å². The van der Waals surface area contributed by atoms with Crippen LogP contribution in [-0.4, -0.2) is 24.5 Å². The Kier molecular flexibility index (Phi) is 9.01. The van der Waals surface area contributed by atoms with Crippen molar-refractivity contribution >= 4 is 53.3 Å². The van der Waals surface area contributed by atoms with Gasteiger partial charge in [-0.25, -0.2) is 19.9 Å². The van der Waals surface area contributed by atoms with Crippen molar-refractivity contribution in [3.8, 4) is 62.0 Å². The zero-order valence-corrected chi connectivity index (χ0v) is 34.9. The van der Waals surface area contributed by atoms with Crippen molar-refractivity contribution in [1.82, 2.24) is 24.5 Å². The maximum Gasteiger partial charge on any atom is 0.163 e. The molecule has 0 saturated carbocycles. The Morgan fingerprint density at radius 1 is 0.413 bits per heavy atom. The summed E-state index contributed by atoms with van der Waals surface area (Å²) in [5, 5.41) is 4.86. The second-order valence-corrected chi connectivity index (χ2v) is 16.9. The summed E-state index contributed by atoms with van der Waals surface area (Å²) < 4.78 is 4.90. The van der Waals surface area contributed by atoms with E-state index >= 15 is 0 Å². The lowest BCUT2D eigenvalue weighted by Crippen LogP contribution is -2.08. The Labute approximate surface area is 368 Å². The zero-order valence-electron chi connectivity index (χ0n) is 34.1. The molecule has 296 valence electrons. The Bertz CT molecular complexity index is 3580. The van der Waals surface area contributed by atoms with Crippen molar-refractivity contribution in [2.75, 3.05) is 0 Å². The van der Waals surface area contributed by atoms with Crippen LogP contribution in [-0.2, 0) is 6.42 Å². The molecule has 0 radical (unpaired) electrons. The molecule has 0 aliphatic carbocycles. The molecule has 12 rings (SSSR count). The third-order valence-corrected chi connectivity index (χ3v) is 13.1. The maximum atomic E-state index is 5.56. The van der Waals surface area contributed by atoms with Gasteiger partial charge in [-0.2, -0.15) is 0 Å². The van der Waals surface area contributed by atoms with Gasteiger partial charge in [-0.05, 0) is 58.1 Å². The first kappa shape index (κ1) is 36.8. The SMILES string of the molecule is c1ccc(-c2ccc(-c3ccccc3)c(-c3cnc(-n4c5ccccc5c5ccc6sc7ccccc7c6c54)c(Cc4nc(-c5ccccc5)nc(-c5ccccc5)n4)c3)c2)cc1. The molecule has 5 nitrogen and oxygen atoms in total. The first-order valence-corrected chi connectivity index (χ1v) is 22.0. The quantitative estimate of drug-likeness (QED) is 0.153. The smallest absolute Gasteiger partial charge is 0.163 e. The molecule has 0 aliphatic heterocycles. The van der Waals surface area contributed by atoms with E-state index in [9.17, 15) is 0 Å². The number of hydrogen-bond acceptors (Lipinski definition) is 5. The van der Waals surface area contributed by atoms with E-state index in [0.29, 0.717) is 23.9 Å². The summed E-state index contributed by atoms with van der Waals surface area (Å²) in [5.74, 6) is 2.78. The minimum Gasteiger partial charge on any atom is -0.293 e. The maximum absolute atomic E-state index is 5.56. The highest BCUT2D eigenvalue weighted by Crippen LogP contribution is 2.44. The van der Waals surface area contributed by atoms with Gasteiger partial charge in [0.25, 0.3) is 0 Å². The molecular weight excluding hydrogens is 787 g/mol. The van der Waals surface area contributed by atoms with E-state index < -0.39 is 0 Å². The standard InChI is InChI=1S/C57H37N5S/c1-5-17-37(18-6-1)41-29-30-44(38-19-7-2-8-20-38)48(34-41)43-33-42(35-52-59-55(39-21-9-3-10-22-39)61-56(60-52)40-23-11-4-12-24-40)57(58-36-43)62-49-27-15-13-25-45(49)46-31-32-51-53(54(46)62)47-26-14-16-28-50(47)63-51/h1-34,36H,35H2. The number of pyridine rings is 1. The fourth-order valence-corrected chi connectivity index (χ4v) is 10.1. The summed E-state index contributed by atoms with van der Waals surface area (Å²) in [6, 6.07) is 72.7. The number of fused-ring (bicyclic) bond motifs is 7. The first-order valence-electron chi connectivity index (χ1n) is 21.2. The van der Waals surface area contributed by atoms with Crippen molar-refractivity contribution < 1.29 is 0 Å². The van der Waals surface area contributed by atoms with E-state index in [1.165, 1.54) is 30.9 Å². The predicted molar refractivity (Wildman–Crippen MR) is 261 cm³/mol. The molecule has 4 aromatic heterocycles. The van der Waals surface area contributed by atoms with Gasteiger partial charge in [0.1, 0.15) is 11.6 Å². The van der Waals surface area contributed by atoms with Gasteiger partial charge < -0.3 is 0 Å². The summed E-state index contributed by atoms with van der Waals surface area (Å²) in [6.45, 7) is 0. The number of para-hydroxylation sites is 1. The molecule has 0 aliphatic rings. The van der Waals surface area contributed by atoms with Gasteiger partial charge in [0.15, 0.2) is 11.6 Å². The van der Waals surface area contributed by atoms with E-state index in [4.69, 9.17) is 19.9 Å². The van der Waals surface area contributed by atoms with E-state index in [1.54, 1.807) is 0 Å². The van der Waals surface area contributed by atoms with E-state index in [2.05, 4.69) is 181 Å². The lowest BCUT2D eigenvalue weighted by atomic mass is 9.91. The lowest BCUT2D eigenvalue weighted by molar-refractivity contribution is 0.914. The van der Waals surface area contributed by atoms with Crippen LogP contribution in [0.25, 0.3) is 104 Å². The van der Waals surface area contributed by atoms with Crippen molar-refractivity contribution in [2.45, 2.75) is 6.42 Å². The van der Waals surface area contributed by atoms with Crippen molar-refractivity contribution in [3.05, 3.63) is 224 Å². The number of benzene rings is 8. The minimum atomic E-state index is 0.409. The molecule has 4 heterocycles. The average molecular weight is 824 g/mol. The van der Waals surface area contributed by atoms with Crippen molar-refractivity contribution in [1.29, 1.82) is 0 Å². The van der Waals surface area contributed by atoms with Crippen LogP contribution < -0.4 is 0 Å². The highest BCUT2D eigenvalue weighted by molar-refractivity contribution is 7.26. The number of hydrogen-bond donors (Lipinski definition) is 0. The number of nitrogens with zero attached hydrogens (tertiary/aromatic N) is 5. The molecule has 8 aromatic carbocycles. The van der Waals surface area contributed by atoms with Crippen LogP contribution in [0.4, 0.5) is 0 Å². The Morgan fingerprint density at radius 3 is 1.71 bits per heavy atom. The second kappa shape index (κ2) is 15.4. The molecule has 0 atom stereocenters. The minimum absolute atomic E-state index is 0.409. The molecule has 0 fully saturated rings. The molecule has 63 heavy (non-hydrogen) atoms. The van der Waals surface area contributed by atoms with Gasteiger partial charge in [-0.3, -0.25) is 4.57 Å². The Balaban J connectivity index is 1.15. The average Bonchev–Trinajstić information content (AvgIpc) is 3.91. The van der Waals surface area contributed by atoms with Gasteiger partial charge in [-0.15, -0.1) is 11.3 Å². The van der Waals surface area contributed by atoms with Crippen LogP contribution in [0.15, 0.2) is 212 Å². The van der Waals surface area contributed by atoms with Crippen LogP contribution in [0.2, 0.25) is 0 Å². The highest BCUT2D eigenvalue weighted by atomic mass is 32.1. The molecule has 0 N–H and O–H groups in total. The third kappa shape index (κ3) is 6.56. The molecule has 0 saturated heterocycles. The van der Waals surface area contributed by atoms with Gasteiger partial charge in [0.2, 0.25) is 0 Å². The van der Waals surface area contributed by atoms with Crippen LogP contribution in [0, 0.1) is 0 Å². The van der Waals surface area contributed by atoms with Crippen LogP contribution in [0.1, 0.15) is 11.4 Å². The van der Waals surface area contributed by atoms with E-state index in [-0.39, 0.29) is 0 Å². The number of rotatable bonds is 8. The second-order valence-electron chi connectivity index (χ2n) is 15.8. The van der Waals surface area contributed by atoms with Gasteiger partial charge in [-0.1, -0.05) is 176 Å². The summed E-state index contributed by atoms with van der Waals surface area (Å²) in [4.78, 5) is 21.0. The molecule has 6 heteroatoms. The van der Waals surface area contributed by atoms with E-state index in [1.807, 2.05) is 47.7 Å². The van der Waals surface area contributed by atoms with E-state index in [0.717, 1.165) is 66.9 Å². The number of thiophene rings is 1. The number of aromatic nitrogens is 5. The summed E-state index contributed by atoms with van der Waals surface area (Å²) >= 11 is 1.83. The summed E-state index contributed by atoms with van der Waals surface area (Å²) in [5.41, 5.74) is 11.8.